The van der Waals surface area contributed by atoms with Gasteiger partial charge in [0.2, 0.25) is 15.0 Å². The molecule has 0 atom stereocenters. The first-order valence-corrected chi connectivity index (χ1v) is 5.75. The Morgan fingerprint density at radius 1 is 1.36 bits per heavy atom. The SMILES string of the molecule is C#CCCCS(=O)(=O)c1ncccn1. The van der Waals surface area contributed by atoms with Gasteiger partial charge in [0.15, 0.2) is 0 Å². The Kier molecular flexibility index (Phi) is 3.60. The highest BCUT2D eigenvalue weighted by atomic mass is 32.2. The third kappa shape index (κ3) is 2.82. The van der Waals surface area contributed by atoms with Crippen LogP contribution in [0.5, 0.6) is 0 Å². The molecular formula is C9H10N2O2S. The van der Waals surface area contributed by atoms with Crippen LogP contribution >= 0.6 is 0 Å². The summed E-state index contributed by atoms with van der Waals surface area (Å²) in [6.45, 7) is 0. The molecule has 0 aliphatic rings. The van der Waals surface area contributed by atoms with Gasteiger partial charge in [-0.1, -0.05) is 0 Å². The second-order valence-electron chi connectivity index (χ2n) is 2.66. The summed E-state index contributed by atoms with van der Waals surface area (Å²) in [6, 6.07) is 1.57. The summed E-state index contributed by atoms with van der Waals surface area (Å²) >= 11 is 0. The van der Waals surface area contributed by atoms with Crippen molar-refractivity contribution in [2.75, 3.05) is 5.75 Å². The molecule has 0 bridgehead atoms. The number of hydrogen-bond acceptors (Lipinski definition) is 4. The molecule has 0 amide bonds. The molecule has 0 N–H and O–H groups in total. The zero-order valence-electron chi connectivity index (χ0n) is 7.55. The lowest BCUT2D eigenvalue weighted by Crippen LogP contribution is -2.10. The van der Waals surface area contributed by atoms with Crippen LogP contribution in [0, 0.1) is 12.3 Å². The molecule has 14 heavy (non-hydrogen) atoms. The first kappa shape index (κ1) is 10.7. The van der Waals surface area contributed by atoms with Crippen molar-refractivity contribution < 1.29 is 8.42 Å². The Bertz CT molecular complexity index is 420. The summed E-state index contributed by atoms with van der Waals surface area (Å²) in [5.41, 5.74) is 0. The van der Waals surface area contributed by atoms with Gasteiger partial charge in [0.05, 0.1) is 5.75 Å². The number of terminal acetylenes is 1. The van der Waals surface area contributed by atoms with E-state index in [1.165, 1.54) is 12.4 Å². The molecule has 1 heterocycles. The van der Waals surface area contributed by atoms with E-state index < -0.39 is 9.84 Å². The van der Waals surface area contributed by atoms with Gasteiger partial charge in [-0.15, -0.1) is 12.3 Å². The van der Waals surface area contributed by atoms with E-state index in [-0.39, 0.29) is 10.9 Å². The summed E-state index contributed by atoms with van der Waals surface area (Å²) in [7, 11) is -3.35. The van der Waals surface area contributed by atoms with E-state index in [9.17, 15) is 8.42 Å². The largest absolute Gasteiger partial charge is 0.246 e. The van der Waals surface area contributed by atoms with Gasteiger partial charge in [0, 0.05) is 18.8 Å². The Labute approximate surface area is 83.3 Å². The molecule has 0 saturated heterocycles. The van der Waals surface area contributed by atoms with Crippen LogP contribution in [0.3, 0.4) is 0 Å². The van der Waals surface area contributed by atoms with Gasteiger partial charge in [0.25, 0.3) is 0 Å². The van der Waals surface area contributed by atoms with Crippen LogP contribution in [0.1, 0.15) is 12.8 Å². The Morgan fingerprint density at radius 3 is 2.57 bits per heavy atom. The van der Waals surface area contributed by atoms with E-state index in [1.807, 2.05) is 0 Å². The first-order valence-electron chi connectivity index (χ1n) is 4.10. The molecule has 0 fully saturated rings. The summed E-state index contributed by atoms with van der Waals surface area (Å²) in [6.07, 6.45) is 8.72. The monoisotopic (exact) mass is 210 g/mol. The fourth-order valence-corrected chi connectivity index (χ4v) is 2.05. The average molecular weight is 210 g/mol. The topological polar surface area (TPSA) is 59.9 Å². The number of hydrogen-bond donors (Lipinski definition) is 0. The molecule has 74 valence electrons. The predicted octanol–water partition coefficient (Wildman–Crippen LogP) is 0.664. The number of nitrogens with zero attached hydrogens (tertiary/aromatic N) is 2. The molecular weight excluding hydrogens is 200 g/mol. The Balaban J connectivity index is 2.73. The van der Waals surface area contributed by atoms with Gasteiger partial charge in [-0.2, -0.15) is 0 Å². The standard InChI is InChI=1S/C9H10N2O2S/c1-2-3-4-8-14(12,13)9-10-6-5-7-11-9/h1,5-7H,3-4,8H2. The van der Waals surface area contributed by atoms with Gasteiger partial charge in [-0.05, 0) is 12.5 Å². The average Bonchev–Trinajstić information content (AvgIpc) is 2.19. The lowest BCUT2D eigenvalue weighted by Gasteiger charge is -1.99. The molecule has 0 radical (unpaired) electrons. The summed E-state index contributed by atoms with van der Waals surface area (Å²) < 4.78 is 23.0. The smallest absolute Gasteiger partial charge is 0.227 e. The number of rotatable bonds is 4. The van der Waals surface area contributed by atoms with Gasteiger partial charge in [0.1, 0.15) is 0 Å². The molecule has 0 aliphatic carbocycles. The highest BCUT2D eigenvalue weighted by molar-refractivity contribution is 7.91. The van der Waals surface area contributed by atoms with Crippen LogP contribution in [0.2, 0.25) is 0 Å². The molecule has 1 aromatic rings. The highest BCUT2D eigenvalue weighted by Crippen LogP contribution is 2.05. The fourth-order valence-electron chi connectivity index (χ4n) is 0.902. The minimum atomic E-state index is -3.35. The van der Waals surface area contributed by atoms with E-state index in [0.29, 0.717) is 12.8 Å². The van der Waals surface area contributed by atoms with E-state index >= 15 is 0 Å². The second-order valence-corrected chi connectivity index (χ2v) is 4.66. The number of aromatic nitrogens is 2. The van der Waals surface area contributed by atoms with Gasteiger partial charge >= 0.3 is 0 Å². The molecule has 0 aliphatic heterocycles. The summed E-state index contributed by atoms with van der Waals surface area (Å²) in [5.74, 6) is 2.39. The third-order valence-corrected chi connectivity index (χ3v) is 3.15. The van der Waals surface area contributed by atoms with E-state index in [1.54, 1.807) is 6.07 Å². The molecule has 1 aromatic heterocycles. The molecule has 4 nitrogen and oxygen atoms in total. The molecule has 1 rings (SSSR count). The van der Waals surface area contributed by atoms with Crippen LogP contribution in [0.25, 0.3) is 0 Å². The van der Waals surface area contributed by atoms with Crippen molar-refractivity contribution in [3.8, 4) is 12.3 Å². The fraction of sp³-hybridized carbons (Fsp3) is 0.333. The van der Waals surface area contributed by atoms with Crippen LogP contribution in [0.15, 0.2) is 23.6 Å². The minimum Gasteiger partial charge on any atom is -0.227 e. The normalized spacial score (nSPS) is 10.8. The van der Waals surface area contributed by atoms with Crippen LogP contribution in [-0.2, 0) is 9.84 Å². The highest BCUT2D eigenvalue weighted by Gasteiger charge is 2.15. The lowest BCUT2D eigenvalue weighted by molar-refractivity contribution is 0.584. The zero-order valence-corrected chi connectivity index (χ0v) is 8.37. The van der Waals surface area contributed by atoms with Crippen molar-refractivity contribution >= 4 is 9.84 Å². The molecule has 5 heteroatoms. The van der Waals surface area contributed by atoms with Crippen molar-refractivity contribution in [3.63, 3.8) is 0 Å². The van der Waals surface area contributed by atoms with Gasteiger partial charge < -0.3 is 0 Å². The molecule has 0 unspecified atom stereocenters. The molecule has 0 aromatic carbocycles. The van der Waals surface area contributed by atoms with Crippen LogP contribution < -0.4 is 0 Å². The van der Waals surface area contributed by atoms with Crippen LogP contribution in [0.4, 0.5) is 0 Å². The van der Waals surface area contributed by atoms with E-state index in [2.05, 4.69) is 15.9 Å². The van der Waals surface area contributed by atoms with Crippen LogP contribution in [-0.4, -0.2) is 24.1 Å². The van der Waals surface area contributed by atoms with E-state index in [0.717, 1.165) is 0 Å². The predicted molar refractivity (Wildman–Crippen MR) is 52.2 cm³/mol. The minimum absolute atomic E-state index is 0.00120. The first-order chi connectivity index (χ1) is 6.67. The Hall–Kier alpha value is -1.41. The second kappa shape index (κ2) is 4.72. The third-order valence-electron chi connectivity index (χ3n) is 1.55. The Morgan fingerprint density at radius 2 is 2.00 bits per heavy atom. The molecule has 0 saturated carbocycles. The van der Waals surface area contributed by atoms with Crippen molar-refractivity contribution in [2.45, 2.75) is 18.0 Å². The van der Waals surface area contributed by atoms with Gasteiger partial charge in [-0.25, -0.2) is 18.4 Å². The maximum Gasteiger partial charge on any atom is 0.246 e. The molecule has 0 spiro atoms. The summed E-state index contributed by atoms with van der Waals surface area (Å²) in [5, 5.41) is -0.128. The maximum atomic E-state index is 11.5. The van der Waals surface area contributed by atoms with Crippen molar-refractivity contribution in [2.24, 2.45) is 0 Å². The van der Waals surface area contributed by atoms with Crippen molar-refractivity contribution in [3.05, 3.63) is 18.5 Å². The van der Waals surface area contributed by atoms with Crippen molar-refractivity contribution in [1.82, 2.24) is 9.97 Å². The van der Waals surface area contributed by atoms with Gasteiger partial charge in [-0.3, -0.25) is 0 Å². The lowest BCUT2D eigenvalue weighted by atomic mass is 10.4. The van der Waals surface area contributed by atoms with E-state index in [4.69, 9.17) is 6.42 Å². The summed E-state index contributed by atoms with van der Waals surface area (Å²) in [4.78, 5) is 7.36. The number of unbranched alkanes of at least 4 members (excludes halogenated alkanes) is 1. The van der Waals surface area contributed by atoms with Crippen molar-refractivity contribution in [1.29, 1.82) is 0 Å². The quantitative estimate of drug-likeness (QED) is 0.416. The maximum absolute atomic E-state index is 11.5. The zero-order chi connectivity index (χ0) is 10.4. The number of sulfone groups is 1.